The lowest BCUT2D eigenvalue weighted by Gasteiger charge is -2.28. The number of phenolic OH excluding ortho intramolecular Hbond substituents is 1. The second-order valence-corrected chi connectivity index (χ2v) is 17.3. The fourth-order valence-electron chi connectivity index (χ4n) is 6.90. The van der Waals surface area contributed by atoms with Crippen LogP contribution < -0.4 is 83.1 Å². The van der Waals surface area contributed by atoms with Gasteiger partial charge in [0.15, 0.2) is 17.9 Å². The molecule has 1 aromatic rings. The van der Waals surface area contributed by atoms with E-state index in [1.54, 1.807) is 0 Å². The normalized spacial score (nSPS) is 14.4. The maximum atomic E-state index is 14.2. The molecule has 0 aliphatic heterocycles. The van der Waals surface area contributed by atoms with Gasteiger partial charge in [0.1, 0.15) is 54.1 Å². The molecular weight excluding hydrogens is 1000 g/mol. The van der Waals surface area contributed by atoms with Gasteiger partial charge in [0, 0.05) is 26.1 Å². The van der Waals surface area contributed by atoms with E-state index in [1.807, 2.05) is 0 Å². The van der Waals surface area contributed by atoms with Crippen molar-refractivity contribution in [2.45, 2.75) is 132 Å². The number of nitrogens with two attached hydrogens (primary N) is 8. The fraction of sp³-hybridized carbons (Fsp3) is 0.591. The van der Waals surface area contributed by atoms with Crippen LogP contribution in [0.5, 0.6) is 5.75 Å². The Morgan fingerprint density at radius 2 is 0.895 bits per heavy atom. The number of benzene rings is 1. The molecule has 0 saturated carbocycles. The number of carbonyl (C=O) groups excluding carboxylic acids is 7. The number of guanidine groups is 3. The van der Waals surface area contributed by atoms with E-state index in [4.69, 9.17) is 45.9 Å². The number of rotatable bonds is 37. The second-order valence-electron chi connectivity index (χ2n) is 17.3. The van der Waals surface area contributed by atoms with E-state index in [0.717, 1.165) is 6.92 Å². The molecule has 0 aliphatic carbocycles. The number of unbranched alkanes of at least 4 members (excludes halogenated alkanes) is 1. The van der Waals surface area contributed by atoms with E-state index < -0.39 is 121 Å². The molecule has 0 spiro atoms. The lowest BCUT2D eigenvalue weighted by Crippen LogP contribution is -2.61. The van der Waals surface area contributed by atoms with Gasteiger partial charge in [-0.25, -0.2) is 4.79 Å². The quantitative estimate of drug-likeness (QED) is 0.0167. The van der Waals surface area contributed by atoms with Crippen molar-refractivity contribution in [3.63, 3.8) is 0 Å². The van der Waals surface area contributed by atoms with Crippen molar-refractivity contribution in [1.29, 1.82) is 0 Å². The largest absolute Gasteiger partial charge is 0.508 e. The molecule has 1 aromatic carbocycles. The SMILES string of the molecule is C[C@@H](O)[C@H](NC(=O)[C@H](CCCCN)NC(=O)[C@H](CCCN=C(N)N)NC(=O)[C@H](CCCN=C(N)N)NC(=O)[C@H](CC(=O)O)NC(=O)[C@H](CCCN=C(N)N)NC(=O)[C@@H](N)CO)C(=O)N[C@@H](Cc1ccc(O)cc1)C(=O)O. The lowest BCUT2D eigenvalue weighted by molar-refractivity contribution is -0.143. The third-order valence-corrected chi connectivity index (χ3v) is 10.9. The van der Waals surface area contributed by atoms with Gasteiger partial charge in [0.2, 0.25) is 41.4 Å². The Morgan fingerprint density at radius 3 is 1.26 bits per heavy atom. The molecule has 7 amide bonds. The molecule has 0 saturated heterocycles. The summed E-state index contributed by atoms with van der Waals surface area (Å²) < 4.78 is 0. The van der Waals surface area contributed by atoms with E-state index in [0.29, 0.717) is 12.0 Å². The smallest absolute Gasteiger partial charge is 0.326 e. The molecule has 76 heavy (non-hydrogen) atoms. The van der Waals surface area contributed by atoms with Crippen LogP contribution in [0.15, 0.2) is 39.2 Å². The van der Waals surface area contributed by atoms with Crippen LogP contribution in [0.3, 0.4) is 0 Å². The summed E-state index contributed by atoms with van der Waals surface area (Å²) in [5.41, 5.74) is 44.3. The third-order valence-electron chi connectivity index (χ3n) is 10.9. The van der Waals surface area contributed by atoms with Crippen LogP contribution in [0.4, 0.5) is 0 Å². The standard InChI is InChI=1S/C44H76N18O14/c1-22(64)33(40(74)61-31(41(75)76)19-23-11-13-24(65)14-12-23)62-38(72)26(7-2-3-15-45)57-35(69)28(9-5-17-54-43(49)50)58-36(70)29(10-6-18-55-44(51)52)59-39(73)30(20-32(66)67)60-37(71)27(8-4-16-53-42(47)48)56-34(68)25(46)21-63/h11-14,22,25-31,33,63-65H,2-10,15-21,45-46H2,1H3,(H,56,68)(H,57,69)(H,58,70)(H,59,73)(H,60,71)(H,61,74)(H,62,72)(H,66,67)(H,75,76)(H4,47,48,53)(H4,49,50,54)(H4,51,52,55)/t22-,25+,26+,27+,28+,29+,30+,31+,33+/m1/s1. The zero-order valence-corrected chi connectivity index (χ0v) is 42.2. The zero-order valence-electron chi connectivity index (χ0n) is 42.2. The van der Waals surface area contributed by atoms with Crippen molar-refractivity contribution in [2.24, 2.45) is 60.8 Å². The Hall–Kier alpha value is -8.10. The Morgan fingerprint density at radius 1 is 0.526 bits per heavy atom. The Labute approximate surface area is 437 Å². The molecule has 1 rings (SSSR count). The molecular formula is C44H76N18O14. The average molecular weight is 1080 g/mol. The van der Waals surface area contributed by atoms with Crippen molar-refractivity contribution >= 4 is 71.2 Å². The van der Waals surface area contributed by atoms with Crippen molar-refractivity contribution in [2.75, 3.05) is 32.8 Å². The molecule has 28 N–H and O–H groups in total. The van der Waals surface area contributed by atoms with Crippen molar-refractivity contribution < 1.29 is 68.7 Å². The van der Waals surface area contributed by atoms with Gasteiger partial charge in [-0.3, -0.25) is 53.3 Å². The van der Waals surface area contributed by atoms with Gasteiger partial charge in [0.05, 0.1) is 19.1 Å². The molecule has 0 aromatic heterocycles. The summed E-state index contributed by atoms with van der Waals surface area (Å²) >= 11 is 0. The number of carboxylic acids is 2. The summed E-state index contributed by atoms with van der Waals surface area (Å²) in [7, 11) is 0. The molecule has 426 valence electrons. The van der Waals surface area contributed by atoms with Gasteiger partial charge in [-0.1, -0.05) is 12.1 Å². The Kier molecular flexibility index (Phi) is 30.5. The highest BCUT2D eigenvalue weighted by atomic mass is 16.4. The molecule has 9 atom stereocenters. The summed E-state index contributed by atoms with van der Waals surface area (Å²) in [4.78, 5) is 132. The topological polar surface area (TPSA) is 584 Å². The Bertz CT molecular complexity index is 2170. The molecule has 0 heterocycles. The molecule has 0 radical (unpaired) electrons. The first-order chi connectivity index (χ1) is 35.8. The van der Waals surface area contributed by atoms with Gasteiger partial charge in [-0.05, 0) is 89.0 Å². The van der Waals surface area contributed by atoms with Gasteiger partial charge < -0.3 is 109 Å². The molecule has 32 heteroatoms. The fourth-order valence-corrected chi connectivity index (χ4v) is 6.90. The molecule has 0 bridgehead atoms. The van der Waals surface area contributed by atoms with Gasteiger partial charge in [0.25, 0.3) is 0 Å². The van der Waals surface area contributed by atoms with Crippen LogP contribution >= 0.6 is 0 Å². The van der Waals surface area contributed by atoms with Gasteiger partial charge >= 0.3 is 11.9 Å². The monoisotopic (exact) mass is 1080 g/mol. The number of amides is 7. The second kappa shape index (κ2) is 35.2. The van der Waals surface area contributed by atoms with Crippen LogP contribution in [0, 0.1) is 0 Å². The van der Waals surface area contributed by atoms with Gasteiger partial charge in [-0.2, -0.15) is 0 Å². The van der Waals surface area contributed by atoms with Crippen LogP contribution in [-0.4, -0.2) is 184 Å². The van der Waals surface area contributed by atoms with Crippen LogP contribution in [-0.2, 0) is 49.6 Å². The zero-order chi connectivity index (χ0) is 57.5. The molecule has 0 fully saturated rings. The first kappa shape index (κ1) is 65.9. The maximum absolute atomic E-state index is 14.2. The number of hydrogen-bond acceptors (Lipinski definition) is 17. The Balaban J connectivity index is 3.62. The number of nitrogens with zero attached hydrogens (tertiary/aromatic N) is 3. The minimum absolute atomic E-state index is 0.00593. The molecule has 32 nitrogen and oxygen atoms in total. The van der Waals surface area contributed by atoms with Crippen LogP contribution in [0.25, 0.3) is 0 Å². The van der Waals surface area contributed by atoms with E-state index in [9.17, 15) is 68.7 Å². The number of hydrogen-bond donors (Lipinski definition) is 20. The van der Waals surface area contributed by atoms with E-state index in [2.05, 4.69) is 52.2 Å². The number of aliphatic hydroxyl groups is 2. The minimum atomic E-state index is -1.91. The molecule has 0 unspecified atom stereocenters. The summed E-state index contributed by atoms with van der Waals surface area (Å²) in [6, 6.07) is -7.29. The van der Waals surface area contributed by atoms with E-state index >= 15 is 0 Å². The summed E-state index contributed by atoms with van der Waals surface area (Å²) in [5, 5.41) is 66.0. The average Bonchev–Trinajstić information content (AvgIpc) is 3.34. The van der Waals surface area contributed by atoms with E-state index in [1.165, 1.54) is 24.3 Å². The number of phenols is 1. The highest BCUT2D eigenvalue weighted by Gasteiger charge is 2.36. The maximum Gasteiger partial charge on any atom is 0.326 e. The number of aromatic hydroxyl groups is 1. The first-order valence-electron chi connectivity index (χ1n) is 24.1. The van der Waals surface area contributed by atoms with E-state index in [-0.39, 0.29) is 108 Å². The third kappa shape index (κ3) is 26.7. The summed E-state index contributed by atoms with van der Waals surface area (Å²) in [6.45, 7) is 0.365. The number of aliphatic carboxylic acids is 2. The predicted octanol–water partition coefficient (Wildman–Crippen LogP) is -8.12. The van der Waals surface area contributed by atoms with Crippen molar-refractivity contribution in [1.82, 2.24) is 37.2 Å². The van der Waals surface area contributed by atoms with Crippen LogP contribution in [0.1, 0.15) is 76.7 Å². The summed E-state index contributed by atoms with van der Waals surface area (Å²) in [5.74, 6) is -11.4. The lowest BCUT2D eigenvalue weighted by atomic mass is 10.0. The number of aliphatic imine (C=N–C) groups is 3. The highest BCUT2D eigenvalue weighted by Crippen LogP contribution is 2.13. The van der Waals surface area contributed by atoms with Crippen LogP contribution in [0.2, 0.25) is 0 Å². The predicted molar refractivity (Wildman–Crippen MR) is 275 cm³/mol. The number of nitrogens with one attached hydrogen (secondary N) is 7. The minimum Gasteiger partial charge on any atom is -0.508 e. The van der Waals surface area contributed by atoms with Crippen molar-refractivity contribution in [3.8, 4) is 5.75 Å². The molecule has 0 aliphatic rings. The van der Waals surface area contributed by atoms with Crippen molar-refractivity contribution in [3.05, 3.63) is 29.8 Å². The number of carboxylic acid groups (broad SMARTS) is 2. The highest BCUT2D eigenvalue weighted by molar-refractivity contribution is 5.98. The first-order valence-corrected chi connectivity index (χ1v) is 24.1. The summed E-state index contributed by atoms with van der Waals surface area (Å²) in [6.07, 6.45) is -2.98. The number of aliphatic hydroxyl groups excluding tert-OH is 2. The van der Waals surface area contributed by atoms with Gasteiger partial charge in [-0.15, -0.1) is 0 Å². The number of carbonyl (C=O) groups is 9.